The molecule has 2 rings (SSSR count). The lowest BCUT2D eigenvalue weighted by molar-refractivity contribution is -0.139. The summed E-state index contributed by atoms with van der Waals surface area (Å²) in [5.41, 5.74) is 0.767. The third-order valence-corrected chi connectivity index (χ3v) is 6.78. The first-order chi connectivity index (χ1) is 15.4. The number of nitrogens with one attached hydrogen (secondary N) is 1. The van der Waals surface area contributed by atoms with Crippen LogP contribution in [0.1, 0.15) is 25.8 Å². The van der Waals surface area contributed by atoms with Gasteiger partial charge in [-0.2, -0.15) is 0 Å². The molecule has 0 fully saturated rings. The monoisotopic (exact) mass is 533 g/mol. The minimum absolute atomic E-state index is 0.0210. The van der Waals surface area contributed by atoms with Crippen molar-refractivity contribution >= 4 is 62.3 Å². The van der Waals surface area contributed by atoms with Crippen LogP contribution in [0.3, 0.4) is 0 Å². The summed E-state index contributed by atoms with van der Waals surface area (Å²) in [5.74, 6) is -0.940. The first-order valence-electron chi connectivity index (χ1n) is 10.2. The highest BCUT2D eigenvalue weighted by atomic mass is 35.5. The fourth-order valence-electron chi connectivity index (χ4n) is 3.09. The summed E-state index contributed by atoms with van der Waals surface area (Å²) in [6.45, 7) is 3.42. The molecule has 1 N–H and O–H groups in total. The average molecular weight is 535 g/mol. The van der Waals surface area contributed by atoms with Gasteiger partial charge in [0, 0.05) is 28.2 Å². The van der Waals surface area contributed by atoms with E-state index in [1.807, 2.05) is 6.92 Å². The first kappa shape index (κ1) is 27.2. The second-order valence-electron chi connectivity index (χ2n) is 7.48. The minimum atomic E-state index is -3.88. The van der Waals surface area contributed by atoms with Crippen LogP contribution in [0.4, 0.5) is 5.69 Å². The van der Waals surface area contributed by atoms with Gasteiger partial charge in [-0.15, -0.1) is 0 Å². The summed E-state index contributed by atoms with van der Waals surface area (Å²) in [6.07, 6.45) is 1.71. The van der Waals surface area contributed by atoms with Gasteiger partial charge in [0.25, 0.3) is 0 Å². The van der Waals surface area contributed by atoms with Crippen LogP contribution < -0.4 is 9.62 Å². The van der Waals surface area contributed by atoms with E-state index in [9.17, 15) is 18.0 Å². The van der Waals surface area contributed by atoms with Gasteiger partial charge >= 0.3 is 0 Å². The van der Waals surface area contributed by atoms with Crippen molar-refractivity contribution in [3.63, 3.8) is 0 Å². The van der Waals surface area contributed by atoms with Crippen LogP contribution in [0.15, 0.2) is 42.5 Å². The molecule has 2 amide bonds. The largest absolute Gasteiger partial charge is 0.354 e. The van der Waals surface area contributed by atoms with Crippen molar-refractivity contribution in [2.75, 3.05) is 23.7 Å². The van der Waals surface area contributed by atoms with Crippen molar-refractivity contribution in [2.45, 2.75) is 32.9 Å². The summed E-state index contributed by atoms with van der Waals surface area (Å²) in [7, 11) is -3.88. The highest BCUT2D eigenvalue weighted by Crippen LogP contribution is 2.27. The second-order valence-corrected chi connectivity index (χ2v) is 10.7. The number of carbonyl (C=O) groups is 2. The molecule has 0 radical (unpaired) electrons. The van der Waals surface area contributed by atoms with Gasteiger partial charge < -0.3 is 10.2 Å². The molecule has 2 aromatic carbocycles. The average Bonchev–Trinajstić information content (AvgIpc) is 2.73. The van der Waals surface area contributed by atoms with Crippen molar-refractivity contribution in [3.8, 4) is 0 Å². The molecule has 0 bridgehead atoms. The van der Waals surface area contributed by atoms with Crippen molar-refractivity contribution in [2.24, 2.45) is 0 Å². The maximum Gasteiger partial charge on any atom is 0.244 e. The predicted octanol–water partition coefficient (Wildman–Crippen LogP) is 4.36. The fraction of sp³-hybridized carbons (Fsp3) is 0.364. The van der Waals surface area contributed by atoms with Gasteiger partial charge in [-0.25, -0.2) is 8.42 Å². The summed E-state index contributed by atoms with van der Waals surface area (Å²) in [6, 6.07) is 10.3. The van der Waals surface area contributed by atoms with E-state index in [1.54, 1.807) is 31.2 Å². The summed E-state index contributed by atoms with van der Waals surface area (Å²) in [4.78, 5) is 27.4. The molecule has 11 heteroatoms. The van der Waals surface area contributed by atoms with E-state index in [4.69, 9.17) is 34.8 Å². The van der Waals surface area contributed by atoms with Gasteiger partial charge in [-0.1, -0.05) is 59.9 Å². The summed E-state index contributed by atoms with van der Waals surface area (Å²) in [5, 5.41) is 3.64. The van der Waals surface area contributed by atoms with Crippen LogP contribution in [0.2, 0.25) is 15.1 Å². The van der Waals surface area contributed by atoms with E-state index in [0.29, 0.717) is 17.1 Å². The number of rotatable bonds is 10. The molecule has 0 spiro atoms. The van der Waals surface area contributed by atoms with Gasteiger partial charge in [-0.05, 0) is 43.2 Å². The summed E-state index contributed by atoms with van der Waals surface area (Å²) >= 11 is 18.4. The van der Waals surface area contributed by atoms with E-state index < -0.39 is 28.5 Å². The Morgan fingerprint density at radius 1 is 1.06 bits per heavy atom. The zero-order chi connectivity index (χ0) is 24.8. The van der Waals surface area contributed by atoms with Gasteiger partial charge in [0.15, 0.2) is 0 Å². The Labute approximate surface area is 209 Å². The van der Waals surface area contributed by atoms with Crippen LogP contribution in [-0.4, -0.2) is 50.5 Å². The molecule has 2 aromatic rings. The van der Waals surface area contributed by atoms with Gasteiger partial charge in [0.2, 0.25) is 21.8 Å². The molecule has 0 aliphatic rings. The van der Waals surface area contributed by atoms with Gasteiger partial charge in [0.1, 0.15) is 12.6 Å². The van der Waals surface area contributed by atoms with Crippen LogP contribution in [0.5, 0.6) is 0 Å². The van der Waals surface area contributed by atoms with Crippen LogP contribution in [0, 0.1) is 0 Å². The topological polar surface area (TPSA) is 86.8 Å². The number of sulfonamides is 1. The normalized spacial score (nSPS) is 12.2. The van der Waals surface area contributed by atoms with Crippen LogP contribution in [-0.2, 0) is 26.2 Å². The number of benzene rings is 2. The van der Waals surface area contributed by atoms with Crippen molar-refractivity contribution < 1.29 is 18.0 Å². The SMILES string of the molecule is CCCNC(=O)[C@@H](C)N(Cc1ccccc1Cl)C(=O)CN(c1cc(Cl)cc(Cl)c1)S(C)(=O)=O. The number of hydrogen-bond acceptors (Lipinski definition) is 4. The van der Waals surface area contributed by atoms with E-state index in [1.165, 1.54) is 23.1 Å². The number of halogens is 3. The molecule has 0 unspecified atom stereocenters. The molecule has 0 aliphatic heterocycles. The van der Waals surface area contributed by atoms with Crippen molar-refractivity contribution in [1.29, 1.82) is 0 Å². The second kappa shape index (κ2) is 11.9. The van der Waals surface area contributed by atoms with E-state index >= 15 is 0 Å². The number of carbonyl (C=O) groups excluding carboxylic acids is 2. The number of amides is 2. The molecule has 0 heterocycles. The smallest absolute Gasteiger partial charge is 0.244 e. The highest BCUT2D eigenvalue weighted by molar-refractivity contribution is 7.92. The van der Waals surface area contributed by atoms with E-state index in [-0.39, 0.29) is 28.2 Å². The van der Waals surface area contributed by atoms with Crippen LogP contribution in [0.25, 0.3) is 0 Å². The quantitative estimate of drug-likeness (QED) is 0.491. The number of nitrogens with zero attached hydrogens (tertiary/aromatic N) is 2. The Morgan fingerprint density at radius 2 is 1.67 bits per heavy atom. The Balaban J connectivity index is 2.42. The maximum absolute atomic E-state index is 13.4. The first-order valence-corrected chi connectivity index (χ1v) is 13.2. The molecule has 0 aliphatic carbocycles. The van der Waals surface area contributed by atoms with Gasteiger partial charge in [0.05, 0.1) is 11.9 Å². The number of anilines is 1. The molecule has 0 saturated heterocycles. The summed E-state index contributed by atoms with van der Waals surface area (Å²) < 4.78 is 26.0. The molecule has 7 nitrogen and oxygen atoms in total. The lowest BCUT2D eigenvalue weighted by Gasteiger charge is -2.31. The fourth-order valence-corrected chi connectivity index (χ4v) is 4.63. The molecule has 0 aromatic heterocycles. The van der Waals surface area contributed by atoms with E-state index in [0.717, 1.165) is 17.0 Å². The third kappa shape index (κ3) is 7.78. The Morgan fingerprint density at radius 3 is 2.21 bits per heavy atom. The molecular formula is C22H26Cl3N3O4S. The zero-order valence-electron chi connectivity index (χ0n) is 18.5. The Bertz CT molecular complexity index is 1090. The standard InChI is InChI=1S/C22H26Cl3N3O4S/c1-4-9-26-22(30)15(2)27(13-16-7-5-6-8-20(16)25)21(29)14-28(33(3,31)32)19-11-17(23)10-18(24)12-19/h5-8,10-12,15H,4,9,13-14H2,1-3H3,(H,26,30)/t15-/m1/s1. The lowest BCUT2D eigenvalue weighted by atomic mass is 10.1. The van der Waals surface area contributed by atoms with Gasteiger partial charge in [-0.3, -0.25) is 13.9 Å². The Kier molecular flexibility index (Phi) is 9.84. The molecule has 33 heavy (non-hydrogen) atoms. The van der Waals surface area contributed by atoms with Crippen molar-refractivity contribution in [1.82, 2.24) is 10.2 Å². The predicted molar refractivity (Wildman–Crippen MR) is 133 cm³/mol. The maximum atomic E-state index is 13.4. The molecule has 180 valence electrons. The molecule has 0 saturated carbocycles. The molecule has 1 atom stereocenters. The Hall–Kier alpha value is -2.00. The molecular weight excluding hydrogens is 509 g/mol. The van der Waals surface area contributed by atoms with Crippen molar-refractivity contribution in [3.05, 3.63) is 63.1 Å². The van der Waals surface area contributed by atoms with Crippen LogP contribution >= 0.6 is 34.8 Å². The van der Waals surface area contributed by atoms with E-state index in [2.05, 4.69) is 5.32 Å². The minimum Gasteiger partial charge on any atom is -0.354 e. The lowest BCUT2D eigenvalue weighted by Crippen LogP contribution is -2.51. The third-order valence-electron chi connectivity index (χ3n) is 4.83. The highest BCUT2D eigenvalue weighted by Gasteiger charge is 2.30. The number of hydrogen-bond donors (Lipinski definition) is 1. The zero-order valence-corrected chi connectivity index (χ0v) is 21.6.